The maximum Gasteiger partial charge on any atom is 0.240 e. The van der Waals surface area contributed by atoms with Gasteiger partial charge in [0.1, 0.15) is 0 Å². The largest absolute Gasteiger partial charge is 0.399 e. The molecule has 0 saturated carbocycles. The number of rotatable bonds is 6. The van der Waals surface area contributed by atoms with Crippen molar-refractivity contribution in [2.75, 3.05) is 25.9 Å². The molecule has 1 rings (SSSR count). The highest BCUT2D eigenvalue weighted by atomic mass is 32.2. The van der Waals surface area contributed by atoms with Crippen molar-refractivity contribution in [1.29, 1.82) is 0 Å². The standard InChI is InChI=1S/C13H23N3O2S/c1-10(2)16(4)8-7-15-19(17,18)12-5-6-13(14)11(3)9-12/h5-6,9-10,15H,7-8,14H2,1-4H3. The second kappa shape index (κ2) is 6.36. The molecular formula is C13H23N3O2S. The normalized spacial score (nSPS) is 12.3. The first-order valence-electron chi connectivity index (χ1n) is 6.30. The molecule has 1 aromatic carbocycles. The number of nitrogens with zero attached hydrogens (tertiary/aromatic N) is 1. The summed E-state index contributed by atoms with van der Waals surface area (Å²) in [5, 5.41) is 0. The number of benzene rings is 1. The fourth-order valence-corrected chi connectivity index (χ4v) is 2.62. The number of nitrogens with one attached hydrogen (secondary N) is 1. The Balaban J connectivity index is 2.68. The molecule has 5 nitrogen and oxygen atoms in total. The van der Waals surface area contributed by atoms with Gasteiger partial charge in [-0.15, -0.1) is 0 Å². The Kier molecular flexibility index (Phi) is 5.34. The third kappa shape index (κ3) is 4.49. The number of sulfonamides is 1. The monoisotopic (exact) mass is 285 g/mol. The molecule has 0 atom stereocenters. The van der Waals surface area contributed by atoms with Crippen molar-refractivity contribution in [3.63, 3.8) is 0 Å². The molecule has 6 heteroatoms. The highest BCUT2D eigenvalue weighted by Gasteiger charge is 2.14. The number of hydrogen-bond acceptors (Lipinski definition) is 4. The summed E-state index contributed by atoms with van der Waals surface area (Å²) in [4.78, 5) is 2.34. The van der Waals surface area contributed by atoms with E-state index >= 15 is 0 Å². The molecule has 3 N–H and O–H groups in total. The van der Waals surface area contributed by atoms with Crippen molar-refractivity contribution < 1.29 is 8.42 Å². The van der Waals surface area contributed by atoms with E-state index in [9.17, 15) is 8.42 Å². The highest BCUT2D eigenvalue weighted by Crippen LogP contribution is 2.16. The van der Waals surface area contributed by atoms with Gasteiger partial charge >= 0.3 is 0 Å². The molecule has 108 valence electrons. The fraction of sp³-hybridized carbons (Fsp3) is 0.538. The quantitative estimate of drug-likeness (QED) is 0.770. The molecule has 0 aliphatic heterocycles. The molecule has 0 aromatic heterocycles. The molecule has 19 heavy (non-hydrogen) atoms. The smallest absolute Gasteiger partial charge is 0.240 e. The molecule has 0 radical (unpaired) electrons. The SMILES string of the molecule is Cc1cc(S(=O)(=O)NCCN(C)C(C)C)ccc1N. The fourth-order valence-electron chi connectivity index (χ4n) is 1.51. The lowest BCUT2D eigenvalue weighted by Gasteiger charge is -2.20. The third-order valence-electron chi connectivity index (χ3n) is 3.19. The van der Waals surface area contributed by atoms with Crippen LogP contribution >= 0.6 is 0 Å². The molecule has 0 fully saturated rings. The average Bonchev–Trinajstić information content (AvgIpc) is 2.32. The maximum absolute atomic E-state index is 12.1. The summed E-state index contributed by atoms with van der Waals surface area (Å²) in [7, 11) is -1.49. The van der Waals surface area contributed by atoms with Gasteiger partial charge in [0.05, 0.1) is 4.90 Å². The molecule has 0 heterocycles. The number of hydrogen-bond donors (Lipinski definition) is 2. The number of nitrogens with two attached hydrogens (primary N) is 1. The lowest BCUT2D eigenvalue weighted by atomic mass is 10.2. The van der Waals surface area contributed by atoms with Gasteiger partial charge < -0.3 is 10.6 Å². The van der Waals surface area contributed by atoms with Crippen LogP contribution in [0.3, 0.4) is 0 Å². The maximum atomic E-state index is 12.1. The van der Waals surface area contributed by atoms with Crippen molar-refractivity contribution in [2.45, 2.75) is 31.7 Å². The Bertz CT molecular complexity index is 527. The van der Waals surface area contributed by atoms with E-state index < -0.39 is 10.0 Å². The number of nitrogen functional groups attached to an aromatic ring is 1. The van der Waals surface area contributed by atoms with Gasteiger partial charge in [0.15, 0.2) is 0 Å². The summed E-state index contributed by atoms with van der Waals surface area (Å²) < 4.78 is 26.8. The highest BCUT2D eigenvalue weighted by molar-refractivity contribution is 7.89. The molecule has 0 bridgehead atoms. The molecule has 0 amide bonds. The zero-order chi connectivity index (χ0) is 14.6. The molecule has 0 spiro atoms. The predicted molar refractivity (Wildman–Crippen MR) is 78.5 cm³/mol. The van der Waals surface area contributed by atoms with Crippen LogP contribution in [0.2, 0.25) is 0 Å². The van der Waals surface area contributed by atoms with Gasteiger partial charge in [-0.2, -0.15) is 0 Å². The molecule has 0 aliphatic carbocycles. The Morgan fingerprint density at radius 1 is 1.37 bits per heavy atom. The number of aryl methyl sites for hydroxylation is 1. The van der Waals surface area contributed by atoms with Gasteiger partial charge in [0, 0.05) is 24.8 Å². The van der Waals surface area contributed by atoms with Gasteiger partial charge in [-0.3, -0.25) is 0 Å². The molecule has 0 aliphatic rings. The minimum Gasteiger partial charge on any atom is -0.399 e. The van der Waals surface area contributed by atoms with E-state index in [1.54, 1.807) is 19.1 Å². The Morgan fingerprint density at radius 2 is 2.00 bits per heavy atom. The van der Waals surface area contributed by atoms with Crippen LogP contribution in [0.25, 0.3) is 0 Å². The summed E-state index contributed by atoms with van der Waals surface area (Å²) in [5.41, 5.74) is 7.04. The van der Waals surface area contributed by atoms with Gasteiger partial charge in [0.2, 0.25) is 10.0 Å². The first kappa shape index (κ1) is 15.9. The Labute approximate surface area is 115 Å². The zero-order valence-electron chi connectivity index (χ0n) is 12.0. The lowest BCUT2D eigenvalue weighted by molar-refractivity contribution is 0.278. The minimum atomic E-state index is -3.45. The van der Waals surface area contributed by atoms with Crippen molar-refractivity contribution >= 4 is 15.7 Å². The summed E-state index contributed by atoms with van der Waals surface area (Å²) in [6.45, 7) is 6.99. The average molecular weight is 285 g/mol. The Hall–Kier alpha value is -1.11. The van der Waals surface area contributed by atoms with Gasteiger partial charge in [-0.05, 0) is 51.6 Å². The topological polar surface area (TPSA) is 75.4 Å². The van der Waals surface area contributed by atoms with Crippen molar-refractivity contribution in [2.24, 2.45) is 0 Å². The molecular weight excluding hydrogens is 262 g/mol. The molecule has 1 aromatic rings. The van der Waals surface area contributed by atoms with Crippen molar-refractivity contribution in [1.82, 2.24) is 9.62 Å². The molecule has 0 unspecified atom stereocenters. The van der Waals surface area contributed by atoms with E-state index in [2.05, 4.69) is 23.5 Å². The zero-order valence-corrected chi connectivity index (χ0v) is 12.8. The third-order valence-corrected chi connectivity index (χ3v) is 4.65. The van der Waals surface area contributed by atoms with E-state index in [4.69, 9.17) is 5.73 Å². The van der Waals surface area contributed by atoms with Crippen LogP contribution in [-0.4, -0.2) is 39.5 Å². The Morgan fingerprint density at radius 3 is 2.53 bits per heavy atom. The van der Waals surface area contributed by atoms with E-state index in [1.165, 1.54) is 6.07 Å². The van der Waals surface area contributed by atoms with Gasteiger partial charge in [0.25, 0.3) is 0 Å². The van der Waals surface area contributed by atoms with Crippen LogP contribution < -0.4 is 10.5 Å². The van der Waals surface area contributed by atoms with E-state index in [-0.39, 0.29) is 4.90 Å². The van der Waals surface area contributed by atoms with Crippen LogP contribution in [0.15, 0.2) is 23.1 Å². The summed E-state index contributed by atoms with van der Waals surface area (Å²) >= 11 is 0. The van der Waals surface area contributed by atoms with Crippen LogP contribution in [-0.2, 0) is 10.0 Å². The van der Waals surface area contributed by atoms with Crippen molar-refractivity contribution in [3.8, 4) is 0 Å². The predicted octanol–water partition coefficient (Wildman–Crippen LogP) is 1.20. The second-order valence-corrected chi connectivity index (χ2v) is 6.76. The van der Waals surface area contributed by atoms with E-state index in [0.29, 0.717) is 24.8 Å². The first-order chi connectivity index (χ1) is 8.74. The number of anilines is 1. The van der Waals surface area contributed by atoms with E-state index in [1.807, 2.05) is 7.05 Å². The van der Waals surface area contributed by atoms with E-state index in [0.717, 1.165) is 5.56 Å². The first-order valence-corrected chi connectivity index (χ1v) is 7.78. The second-order valence-electron chi connectivity index (χ2n) is 4.99. The molecule has 0 saturated heterocycles. The van der Waals surface area contributed by atoms with Crippen LogP contribution in [0, 0.1) is 6.92 Å². The lowest BCUT2D eigenvalue weighted by Crippen LogP contribution is -2.36. The summed E-state index contributed by atoms with van der Waals surface area (Å²) in [6.07, 6.45) is 0. The summed E-state index contributed by atoms with van der Waals surface area (Å²) in [5.74, 6) is 0. The van der Waals surface area contributed by atoms with Gasteiger partial charge in [-0.25, -0.2) is 13.1 Å². The minimum absolute atomic E-state index is 0.256. The summed E-state index contributed by atoms with van der Waals surface area (Å²) in [6, 6.07) is 5.12. The number of likely N-dealkylation sites (N-methyl/N-ethyl adjacent to an activating group) is 1. The van der Waals surface area contributed by atoms with Crippen molar-refractivity contribution in [3.05, 3.63) is 23.8 Å². The van der Waals surface area contributed by atoms with Crippen LogP contribution in [0.4, 0.5) is 5.69 Å². The van der Waals surface area contributed by atoms with Crippen LogP contribution in [0.5, 0.6) is 0 Å². The van der Waals surface area contributed by atoms with Gasteiger partial charge in [-0.1, -0.05) is 0 Å². The van der Waals surface area contributed by atoms with Crippen LogP contribution in [0.1, 0.15) is 19.4 Å².